The largest absolute Gasteiger partial charge is 0.288 e. The van der Waals surface area contributed by atoms with Gasteiger partial charge in [0.15, 0.2) is 5.78 Å². The van der Waals surface area contributed by atoms with E-state index in [1.54, 1.807) is 24.3 Å². The van der Waals surface area contributed by atoms with Gasteiger partial charge in [-0.2, -0.15) is 5.10 Å². The zero-order valence-electron chi connectivity index (χ0n) is 9.69. The fraction of sp³-hybridized carbons (Fsp3) is 0.154. The molecule has 3 rings (SSSR count). The van der Waals surface area contributed by atoms with Gasteiger partial charge in [0.25, 0.3) is 0 Å². The van der Waals surface area contributed by atoms with Crippen molar-refractivity contribution in [1.29, 1.82) is 0 Å². The number of aromatic nitrogens is 2. The lowest BCUT2D eigenvalue weighted by atomic mass is 9.88. The number of benzene rings is 1. The Morgan fingerprint density at radius 1 is 1.17 bits per heavy atom. The Kier molecular flexibility index (Phi) is 2.56. The van der Waals surface area contributed by atoms with Crippen LogP contribution in [-0.4, -0.2) is 27.5 Å². The van der Waals surface area contributed by atoms with Crippen LogP contribution in [0.25, 0.3) is 0 Å². The highest BCUT2D eigenvalue weighted by Crippen LogP contribution is 2.31. The number of carbonyl (C=O) groups is 2. The van der Waals surface area contributed by atoms with Crippen molar-refractivity contribution in [3.05, 3.63) is 46.6 Å². The van der Waals surface area contributed by atoms with E-state index in [0.29, 0.717) is 27.4 Å². The van der Waals surface area contributed by atoms with Crippen molar-refractivity contribution in [1.82, 2.24) is 10.2 Å². The highest BCUT2D eigenvalue weighted by Gasteiger charge is 2.33. The van der Waals surface area contributed by atoms with Gasteiger partial charge in [-0.15, -0.1) is 11.8 Å². The zero-order valence-corrected chi connectivity index (χ0v) is 10.5. The van der Waals surface area contributed by atoms with E-state index >= 15 is 0 Å². The summed E-state index contributed by atoms with van der Waals surface area (Å²) in [6.45, 7) is 1.98. The van der Waals surface area contributed by atoms with E-state index in [1.165, 1.54) is 11.8 Å². The first-order valence-electron chi connectivity index (χ1n) is 5.63. The van der Waals surface area contributed by atoms with Crippen molar-refractivity contribution in [2.24, 2.45) is 0 Å². The first-order chi connectivity index (χ1) is 8.74. The van der Waals surface area contributed by atoms with E-state index < -0.39 is 0 Å². The molecule has 0 amide bonds. The minimum absolute atomic E-state index is 0.120. The molecule has 18 heavy (non-hydrogen) atoms. The van der Waals surface area contributed by atoms with E-state index in [2.05, 4.69) is 10.2 Å². The van der Waals surface area contributed by atoms with Gasteiger partial charge in [-0.05, 0) is 5.75 Å². The van der Waals surface area contributed by atoms with Gasteiger partial charge in [0, 0.05) is 11.1 Å². The number of fused-ring (bicyclic) bond motifs is 2. The SMILES string of the molecule is CCSc1n[nH]c2c1C(=O)c1ccccc1C2=O. The summed E-state index contributed by atoms with van der Waals surface area (Å²) in [7, 11) is 0. The van der Waals surface area contributed by atoms with Crippen LogP contribution in [0.5, 0.6) is 0 Å². The molecule has 0 radical (unpaired) electrons. The maximum Gasteiger partial charge on any atom is 0.212 e. The summed E-state index contributed by atoms with van der Waals surface area (Å²) in [5.74, 6) is 0.529. The van der Waals surface area contributed by atoms with Gasteiger partial charge in [0.2, 0.25) is 5.78 Å². The molecule has 1 aliphatic carbocycles. The van der Waals surface area contributed by atoms with Crippen molar-refractivity contribution in [3.8, 4) is 0 Å². The fourth-order valence-electron chi connectivity index (χ4n) is 2.09. The van der Waals surface area contributed by atoms with Gasteiger partial charge in [-0.3, -0.25) is 14.7 Å². The zero-order chi connectivity index (χ0) is 12.7. The summed E-state index contributed by atoms with van der Waals surface area (Å²) in [6.07, 6.45) is 0. The lowest BCUT2D eigenvalue weighted by molar-refractivity contribution is 0.0975. The van der Waals surface area contributed by atoms with Crippen molar-refractivity contribution in [2.75, 3.05) is 5.75 Å². The first kappa shape index (κ1) is 11.2. The Bertz CT molecular complexity index is 661. The van der Waals surface area contributed by atoms with Crippen LogP contribution >= 0.6 is 11.8 Å². The molecular formula is C13H10N2O2S. The molecule has 1 heterocycles. The second-order valence-corrected chi connectivity index (χ2v) is 5.17. The Morgan fingerprint density at radius 2 is 1.83 bits per heavy atom. The van der Waals surface area contributed by atoms with Crippen LogP contribution in [0.15, 0.2) is 29.3 Å². The highest BCUT2D eigenvalue weighted by atomic mass is 32.2. The predicted molar refractivity (Wildman–Crippen MR) is 68.3 cm³/mol. The number of rotatable bonds is 2. The molecule has 0 aliphatic heterocycles. The fourth-order valence-corrected chi connectivity index (χ4v) is 2.81. The van der Waals surface area contributed by atoms with Crippen LogP contribution in [0.4, 0.5) is 0 Å². The predicted octanol–water partition coefficient (Wildman–Crippen LogP) is 2.30. The number of thioether (sulfide) groups is 1. The van der Waals surface area contributed by atoms with E-state index in [9.17, 15) is 9.59 Å². The topological polar surface area (TPSA) is 62.8 Å². The summed E-state index contributed by atoms with van der Waals surface area (Å²) in [4.78, 5) is 24.6. The summed E-state index contributed by atoms with van der Waals surface area (Å²) < 4.78 is 0. The number of hydrogen-bond acceptors (Lipinski definition) is 4. The van der Waals surface area contributed by atoms with E-state index in [1.807, 2.05) is 6.92 Å². The van der Waals surface area contributed by atoms with Crippen molar-refractivity contribution in [2.45, 2.75) is 11.9 Å². The Labute approximate surface area is 108 Å². The number of aromatic amines is 1. The molecule has 0 bridgehead atoms. The van der Waals surface area contributed by atoms with Crippen LogP contribution in [0.2, 0.25) is 0 Å². The maximum atomic E-state index is 12.4. The molecule has 4 nitrogen and oxygen atoms in total. The summed E-state index contributed by atoms with van der Waals surface area (Å²) >= 11 is 1.46. The number of nitrogens with one attached hydrogen (secondary N) is 1. The third kappa shape index (κ3) is 1.44. The average Bonchev–Trinajstić information content (AvgIpc) is 2.81. The van der Waals surface area contributed by atoms with Gasteiger partial charge in [0.05, 0.1) is 5.56 Å². The molecule has 1 aromatic heterocycles. The molecule has 5 heteroatoms. The molecule has 1 aliphatic rings. The highest BCUT2D eigenvalue weighted by molar-refractivity contribution is 7.99. The Balaban J connectivity index is 2.23. The van der Waals surface area contributed by atoms with Gasteiger partial charge >= 0.3 is 0 Å². The number of carbonyl (C=O) groups excluding carboxylic acids is 2. The van der Waals surface area contributed by atoms with Gasteiger partial charge in [0.1, 0.15) is 10.7 Å². The normalized spacial score (nSPS) is 13.4. The molecule has 0 fully saturated rings. The van der Waals surface area contributed by atoms with Crippen LogP contribution in [0, 0.1) is 0 Å². The Morgan fingerprint density at radius 3 is 2.50 bits per heavy atom. The van der Waals surface area contributed by atoms with Gasteiger partial charge in [-0.25, -0.2) is 0 Å². The molecule has 0 saturated carbocycles. The number of nitrogens with zero attached hydrogens (tertiary/aromatic N) is 1. The number of H-pyrrole nitrogens is 1. The molecule has 1 N–H and O–H groups in total. The van der Waals surface area contributed by atoms with E-state index in [0.717, 1.165) is 5.75 Å². The third-order valence-electron chi connectivity index (χ3n) is 2.88. The van der Waals surface area contributed by atoms with Crippen LogP contribution in [0.1, 0.15) is 38.9 Å². The minimum atomic E-state index is -0.157. The molecule has 0 spiro atoms. The molecule has 1 aromatic carbocycles. The van der Waals surface area contributed by atoms with Crippen LogP contribution in [0.3, 0.4) is 0 Å². The lowest BCUT2D eigenvalue weighted by Gasteiger charge is -2.13. The summed E-state index contributed by atoms with van der Waals surface area (Å²) in [5, 5.41) is 7.37. The summed E-state index contributed by atoms with van der Waals surface area (Å²) in [6, 6.07) is 6.88. The van der Waals surface area contributed by atoms with E-state index in [4.69, 9.17) is 0 Å². The summed E-state index contributed by atoms with van der Waals surface area (Å²) in [5.41, 5.74) is 1.65. The Hall–Kier alpha value is -1.88. The second kappa shape index (κ2) is 4.10. The van der Waals surface area contributed by atoms with Crippen LogP contribution in [-0.2, 0) is 0 Å². The molecule has 0 atom stereocenters. The smallest absolute Gasteiger partial charge is 0.212 e. The van der Waals surface area contributed by atoms with Crippen molar-refractivity contribution >= 4 is 23.3 Å². The third-order valence-corrected chi connectivity index (χ3v) is 3.74. The molecule has 2 aromatic rings. The average molecular weight is 258 g/mol. The molecule has 0 unspecified atom stereocenters. The molecule has 90 valence electrons. The van der Waals surface area contributed by atoms with Crippen LogP contribution < -0.4 is 0 Å². The van der Waals surface area contributed by atoms with Gasteiger partial charge in [-0.1, -0.05) is 31.2 Å². The van der Waals surface area contributed by atoms with Gasteiger partial charge < -0.3 is 0 Å². The molecule has 0 saturated heterocycles. The second-order valence-electron chi connectivity index (χ2n) is 3.92. The van der Waals surface area contributed by atoms with Crippen molar-refractivity contribution < 1.29 is 9.59 Å². The number of ketones is 2. The quantitative estimate of drug-likeness (QED) is 0.716. The van der Waals surface area contributed by atoms with E-state index in [-0.39, 0.29) is 11.6 Å². The molecular weight excluding hydrogens is 248 g/mol. The standard InChI is InChI=1S/C13H10N2O2S/c1-2-18-13-9-10(14-15-13)12(17)8-6-4-3-5-7(8)11(9)16/h3-6H,2H2,1H3,(H,14,15). The minimum Gasteiger partial charge on any atom is -0.288 e. The lowest BCUT2D eigenvalue weighted by Crippen LogP contribution is -2.20. The first-order valence-corrected chi connectivity index (χ1v) is 6.62. The monoisotopic (exact) mass is 258 g/mol. The maximum absolute atomic E-state index is 12.4. The number of hydrogen-bond donors (Lipinski definition) is 1. The van der Waals surface area contributed by atoms with Crippen molar-refractivity contribution in [3.63, 3.8) is 0 Å².